The molecule has 3 N–H and O–H groups in total. The summed E-state index contributed by atoms with van der Waals surface area (Å²) < 4.78 is 4.90. The Morgan fingerprint density at radius 2 is 2.29 bits per heavy atom. The molecule has 17 heavy (non-hydrogen) atoms. The Balaban J connectivity index is 2.52. The SMILES string of the molecule is CN(C)CC(C)(O)CNc1nc(C(=O)O)co1. The minimum atomic E-state index is -1.15. The second kappa shape index (κ2) is 5.15. The summed E-state index contributed by atoms with van der Waals surface area (Å²) in [5.74, 6) is -1.15. The van der Waals surface area contributed by atoms with Crippen LogP contribution in [-0.4, -0.2) is 58.9 Å². The Kier molecular flexibility index (Phi) is 4.08. The van der Waals surface area contributed by atoms with Crippen molar-refractivity contribution in [1.82, 2.24) is 9.88 Å². The van der Waals surface area contributed by atoms with Gasteiger partial charge in [0.1, 0.15) is 6.26 Å². The van der Waals surface area contributed by atoms with Gasteiger partial charge in [0, 0.05) is 13.1 Å². The van der Waals surface area contributed by atoms with Crippen molar-refractivity contribution in [3.8, 4) is 0 Å². The number of likely N-dealkylation sites (N-methyl/N-ethyl adjacent to an activating group) is 1. The lowest BCUT2D eigenvalue weighted by Gasteiger charge is -2.26. The van der Waals surface area contributed by atoms with E-state index in [1.807, 2.05) is 19.0 Å². The van der Waals surface area contributed by atoms with Gasteiger partial charge in [0.15, 0.2) is 5.69 Å². The van der Waals surface area contributed by atoms with Crippen molar-refractivity contribution >= 4 is 12.0 Å². The van der Waals surface area contributed by atoms with Crippen LogP contribution in [0.4, 0.5) is 6.01 Å². The largest absolute Gasteiger partial charge is 0.476 e. The Morgan fingerprint density at radius 1 is 1.65 bits per heavy atom. The first kappa shape index (κ1) is 13.5. The van der Waals surface area contributed by atoms with Crippen molar-refractivity contribution < 1.29 is 19.4 Å². The standard InChI is InChI=1S/C10H17N3O4/c1-10(16,6-13(2)3)5-11-9-12-7(4-17-9)8(14)15/h4,16H,5-6H2,1-3H3,(H,11,12)(H,14,15). The van der Waals surface area contributed by atoms with Crippen molar-refractivity contribution in [2.75, 3.05) is 32.5 Å². The topological polar surface area (TPSA) is 98.8 Å². The summed E-state index contributed by atoms with van der Waals surface area (Å²) in [7, 11) is 3.70. The molecule has 0 amide bonds. The Labute approximate surface area is 99.1 Å². The number of carbonyl (C=O) groups is 1. The molecule has 1 heterocycles. The molecule has 0 saturated heterocycles. The second-order valence-electron chi connectivity index (χ2n) is 4.43. The maximum Gasteiger partial charge on any atom is 0.357 e. The highest BCUT2D eigenvalue weighted by molar-refractivity contribution is 5.85. The van der Waals surface area contributed by atoms with Gasteiger partial charge in [0.25, 0.3) is 6.01 Å². The average molecular weight is 243 g/mol. The lowest BCUT2D eigenvalue weighted by molar-refractivity contribution is 0.0455. The monoisotopic (exact) mass is 243 g/mol. The van der Waals surface area contributed by atoms with Crippen molar-refractivity contribution in [2.24, 2.45) is 0 Å². The number of aliphatic hydroxyl groups is 1. The van der Waals surface area contributed by atoms with E-state index in [-0.39, 0.29) is 18.3 Å². The molecule has 1 aromatic heterocycles. The van der Waals surface area contributed by atoms with Gasteiger partial charge in [-0.1, -0.05) is 0 Å². The number of hydrogen-bond donors (Lipinski definition) is 3. The highest BCUT2D eigenvalue weighted by Gasteiger charge is 2.22. The fourth-order valence-electron chi connectivity index (χ4n) is 1.46. The molecule has 0 bridgehead atoms. The van der Waals surface area contributed by atoms with Crippen LogP contribution < -0.4 is 5.32 Å². The molecule has 1 unspecified atom stereocenters. The summed E-state index contributed by atoms with van der Waals surface area (Å²) in [6, 6.07) is 0.0847. The second-order valence-corrected chi connectivity index (χ2v) is 4.43. The minimum absolute atomic E-state index is 0.0847. The van der Waals surface area contributed by atoms with Crippen LogP contribution in [0, 0.1) is 0 Å². The Hall–Kier alpha value is -1.60. The minimum Gasteiger partial charge on any atom is -0.476 e. The van der Waals surface area contributed by atoms with Gasteiger partial charge in [0.2, 0.25) is 0 Å². The van der Waals surface area contributed by atoms with Crippen LogP contribution in [0.25, 0.3) is 0 Å². The number of nitrogens with one attached hydrogen (secondary N) is 1. The molecule has 1 atom stereocenters. The van der Waals surface area contributed by atoms with E-state index in [9.17, 15) is 9.90 Å². The van der Waals surface area contributed by atoms with E-state index >= 15 is 0 Å². The molecule has 0 saturated carbocycles. The molecule has 96 valence electrons. The third-order valence-corrected chi connectivity index (χ3v) is 2.00. The van der Waals surface area contributed by atoms with E-state index in [0.717, 1.165) is 6.26 Å². The molecule has 0 aliphatic rings. The van der Waals surface area contributed by atoms with E-state index in [1.165, 1.54) is 0 Å². The number of hydrogen-bond acceptors (Lipinski definition) is 6. The molecule has 0 aromatic carbocycles. The predicted molar refractivity (Wildman–Crippen MR) is 61.1 cm³/mol. The molecule has 0 radical (unpaired) electrons. The van der Waals surface area contributed by atoms with Crippen LogP contribution in [-0.2, 0) is 0 Å². The van der Waals surface area contributed by atoms with Gasteiger partial charge in [-0.05, 0) is 21.0 Å². The summed E-state index contributed by atoms with van der Waals surface area (Å²) in [6.45, 7) is 2.35. The summed E-state index contributed by atoms with van der Waals surface area (Å²) in [5, 5.41) is 21.4. The van der Waals surface area contributed by atoms with Gasteiger partial charge in [-0.25, -0.2) is 4.79 Å². The number of carboxylic acid groups (broad SMARTS) is 1. The van der Waals surface area contributed by atoms with E-state index in [1.54, 1.807) is 6.92 Å². The lowest BCUT2D eigenvalue weighted by atomic mass is 10.1. The van der Waals surface area contributed by atoms with Gasteiger partial charge in [0.05, 0.1) is 5.60 Å². The van der Waals surface area contributed by atoms with Gasteiger partial charge >= 0.3 is 5.97 Å². The smallest absolute Gasteiger partial charge is 0.357 e. The van der Waals surface area contributed by atoms with Gasteiger partial charge in [-0.3, -0.25) is 0 Å². The quantitative estimate of drug-likeness (QED) is 0.651. The fourth-order valence-corrected chi connectivity index (χ4v) is 1.46. The van der Waals surface area contributed by atoms with E-state index < -0.39 is 11.6 Å². The van der Waals surface area contributed by atoms with Crippen LogP contribution >= 0.6 is 0 Å². The van der Waals surface area contributed by atoms with Crippen LogP contribution in [0.3, 0.4) is 0 Å². The number of anilines is 1. The highest BCUT2D eigenvalue weighted by atomic mass is 16.4. The number of rotatable bonds is 6. The summed E-state index contributed by atoms with van der Waals surface area (Å²) in [5.41, 5.74) is -1.12. The van der Waals surface area contributed by atoms with Crippen molar-refractivity contribution in [2.45, 2.75) is 12.5 Å². The van der Waals surface area contributed by atoms with Crippen LogP contribution in [0.1, 0.15) is 17.4 Å². The number of nitrogens with zero attached hydrogens (tertiary/aromatic N) is 2. The number of oxazole rings is 1. The zero-order valence-corrected chi connectivity index (χ0v) is 10.1. The molecule has 7 nitrogen and oxygen atoms in total. The van der Waals surface area contributed by atoms with E-state index in [0.29, 0.717) is 6.54 Å². The Morgan fingerprint density at radius 3 is 2.76 bits per heavy atom. The zero-order chi connectivity index (χ0) is 13.1. The number of aromatic carboxylic acids is 1. The third-order valence-electron chi connectivity index (χ3n) is 2.00. The van der Waals surface area contributed by atoms with Crippen LogP contribution in [0.2, 0.25) is 0 Å². The highest BCUT2D eigenvalue weighted by Crippen LogP contribution is 2.10. The molecule has 0 aliphatic heterocycles. The molecule has 0 spiro atoms. The van der Waals surface area contributed by atoms with Gasteiger partial charge < -0.3 is 24.8 Å². The molecule has 0 fully saturated rings. The third kappa shape index (κ3) is 4.41. The molecule has 0 aliphatic carbocycles. The maximum absolute atomic E-state index is 10.6. The molecule has 7 heteroatoms. The van der Waals surface area contributed by atoms with Gasteiger partial charge in [-0.2, -0.15) is 4.98 Å². The van der Waals surface area contributed by atoms with Crippen molar-refractivity contribution in [1.29, 1.82) is 0 Å². The van der Waals surface area contributed by atoms with E-state index in [4.69, 9.17) is 9.52 Å². The van der Waals surface area contributed by atoms with Crippen molar-refractivity contribution in [3.63, 3.8) is 0 Å². The number of carboxylic acids is 1. The zero-order valence-electron chi connectivity index (χ0n) is 10.1. The van der Waals surface area contributed by atoms with Crippen LogP contribution in [0.15, 0.2) is 10.7 Å². The lowest BCUT2D eigenvalue weighted by Crippen LogP contribution is -2.43. The number of aromatic nitrogens is 1. The molecule has 1 rings (SSSR count). The summed E-state index contributed by atoms with van der Waals surface area (Å²) in [6.07, 6.45) is 1.05. The normalized spacial score (nSPS) is 14.6. The predicted octanol–water partition coefficient (Wildman–Crippen LogP) is 0.0973. The van der Waals surface area contributed by atoms with Crippen molar-refractivity contribution in [3.05, 3.63) is 12.0 Å². The van der Waals surface area contributed by atoms with Gasteiger partial charge in [-0.15, -0.1) is 0 Å². The first-order valence-electron chi connectivity index (χ1n) is 5.10. The molecular weight excluding hydrogens is 226 g/mol. The molecule has 1 aromatic rings. The average Bonchev–Trinajstić information content (AvgIpc) is 2.61. The molecular formula is C10H17N3O4. The summed E-state index contributed by atoms with van der Waals surface area (Å²) in [4.78, 5) is 16.1. The fraction of sp³-hybridized carbons (Fsp3) is 0.600. The summed E-state index contributed by atoms with van der Waals surface area (Å²) >= 11 is 0. The Bertz CT molecular complexity index is 387. The maximum atomic E-state index is 10.6. The van der Waals surface area contributed by atoms with E-state index in [2.05, 4.69) is 10.3 Å². The van der Waals surface area contributed by atoms with Crippen LogP contribution in [0.5, 0.6) is 0 Å². The first-order valence-corrected chi connectivity index (χ1v) is 5.10. The first-order chi connectivity index (χ1) is 7.80.